The van der Waals surface area contributed by atoms with Crippen LogP contribution in [0.3, 0.4) is 0 Å². The highest BCUT2D eigenvalue weighted by Crippen LogP contribution is 2.15. The topological polar surface area (TPSA) is 42.1 Å². The minimum Gasteiger partial charge on any atom is -0.353 e. The van der Waals surface area contributed by atoms with Crippen LogP contribution in [0.5, 0.6) is 0 Å². The van der Waals surface area contributed by atoms with Crippen molar-refractivity contribution in [1.29, 1.82) is 0 Å². The average Bonchev–Trinajstić information content (AvgIpc) is 2.17. The van der Waals surface area contributed by atoms with Crippen LogP contribution in [0.4, 0.5) is 10.2 Å². The first-order chi connectivity index (χ1) is 7.15. The van der Waals surface area contributed by atoms with Gasteiger partial charge in [0, 0.05) is 25.8 Å². The lowest BCUT2D eigenvalue weighted by Gasteiger charge is -2.25. The van der Waals surface area contributed by atoms with Crippen molar-refractivity contribution in [3.63, 3.8) is 0 Å². The fourth-order valence-electron chi connectivity index (χ4n) is 1.49. The summed E-state index contributed by atoms with van der Waals surface area (Å²) >= 11 is 0. The normalized spacial score (nSPS) is 10.7. The molecule has 0 radical (unpaired) electrons. The molecule has 0 unspecified atom stereocenters. The Morgan fingerprint density at radius 2 is 2.27 bits per heavy atom. The van der Waals surface area contributed by atoms with Crippen LogP contribution < -0.4 is 10.6 Å². The molecule has 0 aliphatic heterocycles. The molecular weight excluding hydrogens is 193 g/mol. The Morgan fingerprint density at radius 1 is 1.53 bits per heavy atom. The summed E-state index contributed by atoms with van der Waals surface area (Å²) in [6, 6.07) is 3.01. The summed E-state index contributed by atoms with van der Waals surface area (Å²) in [6.07, 6.45) is 1.60. The third kappa shape index (κ3) is 3.47. The molecule has 1 aromatic rings. The van der Waals surface area contributed by atoms with E-state index >= 15 is 0 Å². The molecule has 0 amide bonds. The van der Waals surface area contributed by atoms with E-state index in [1.165, 1.54) is 6.07 Å². The van der Waals surface area contributed by atoms with Crippen LogP contribution in [0.1, 0.15) is 13.8 Å². The number of hydrogen-bond donors (Lipinski definition) is 1. The SMILES string of the molecule is CC(C)CN(CCN)c1ncccc1F. The highest BCUT2D eigenvalue weighted by Gasteiger charge is 2.12. The number of nitrogens with zero attached hydrogens (tertiary/aromatic N) is 2. The van der Waals surface area contributed by atoms with Crippen molar-refractivity contribution in [2.24, 2.45) is 11.7 Å². The van der Waals surface area contributed by atoms with Crippen molar-refractivity contribution >= 4 is 5.82 Å². The summed E-state index contributed by atoms with van der Waals surface area (Å²) in [6.45, 7) is 6.08. The predicted molar refractivity (Wildman–Crippen MR) is 60.3 cm³/mol. The second-order valence-electron chi connectivity index (χ2n) is 3.94. The van der Waals surface area contributed by atoms with Crippen LogP contribution in [-0.4, -0.2) is 24.6 Å². The van der Waals surface area contributed by atoms with E-state index in [-0.39, 0.29) is 5.82 Å². The lowest BCUT2D eigenvalue weighted by atomic mass is 10.2. The Bertz CT molecular complexity index is 302. The van der Waals surface area contributed by atoms with Crippen molar-refractivity contribution in [2.75, 3.05) is 24.5 Å². The van der Waals surface area contributed by atoms with Crippen molar-refractivity contribution in [3.05, 3.63) is 24.1 Å². The van der Waals surface area contributed by atoms with Gasteiger partial charge in [-0.2, -0.15) is 0 Å². The summed E-state index contributed by atoms with van der Waals surface area (Å²) in [5.74, 6) is 0.571. The molecule has 1 heterocycles. The van der Waals surface area contributed by atoms with Crippen LogP contribution in [-0.2, 0) is 0 Å². The molecule has 0 atom stereocenters. The number of nitrogens with two attached hydrogens (primary N) is 1. The summed E-state index contributed by atoms with van der Waals surface area (Å²) in [5.41, 5.74) is 5.50. The quantitative estimate of drug-likeness (QED) is 0.805. The van der Waals surface area contributed by atoms with E-state index in [0.29, 0.717) is 24.8 Å². The van der Waals surface area contributed by atoms with E-state index in [2.05, 4.69) is 18.8 Å². The molecule has 1 aromatic heterocycles. The zero-order valence-electron chi connectivity index (χ0n) is 9.28. The van der Waals surface area contributed by atoms with Crippen LogP contribution in [0, 0.1) is 11.7 Å². The molecule has 4 heteroatoms. The van der Waals surface area contributed by atoms with E-state index in [4.69, 9.17) is 5.73 Å². The van der Waals surface area contributed by atoms with Crippen LogP contribution in [0.15, 0.2) is 18.3 Å². The van der Waals surface area contributed by atoms with Crippen molar-refractivity contribution in [2.45, 2.75) is 13.8 Å². The average molecular weight is 211 g/mol. The lowest BCUT2D eigenvalue weighted by Crippen LogP contribution is -2.33. The largest absolute Gasteiger partial charge is 0.353 e. The lowest BCUT2D eigenvalue weighted by molar-refractivity contribution is 0.573. The molecule has 84 valence electrons. The van der Waals surface area contributed by atoms with Crippen LogP contribution >= 0.6 is 0 Å². The molecular formula is C11H18FN3. The van der Waals surface area contributed by atoms with Gasteiger partial charge >= 0.3 is 0 Å². The highest BCUT2D eigenvalue weighted by atomic mass is 19.1. The van der Waals surface area contributed by atoms with Gasteiger partial charge in [-0.1, -0.05) is 13.8 Å². The second-order valence-corrected chi connectivity index (χ2v) is 3.94. The van der Waals surface area contributed by atoms with Gasteiger partial charge < -0.3 is 10.6 Å². The molecule has 0 fully saturated rings. The van der Waals surface area contributed by atoms with Gasteiger partial charge in [-0.25, -0.2) is 9.37 Å². The molecule has 1 rings (SSSR count). The molecule has 0 saturated carbocycles. The van der Waals surface area contributed by atoms with Crippen molar-refractivity contribution in [1.82, 2.24) is 4.98 Å². The first-order valence-corrected chi connectivity index (χ1v) is 5.20. The van der Waals surface area contributed by atoms with E-state index < -0.39 is 0 Å². The molecule has 0 aliphatic rings. The number of rotatable bonds is 5. The predicted octanol–water partition coefficient (Wildman–Crippen LogP) is 1.64. The van der Waals surface area contributed by atoms with Gasteiger partial charge in [-0.05, 0) is 18.1 Å². The van der Waals surface area contributed by atoms with Crippen molar-refractivity contribution < 1.29 is 4.39 Å². The van der Waals surface area contributed by atoms with Gasteiger partial charge in [0.1, 0.15) is 0 Å². The van der Waals surface area contributed by atoms with Gasteiger partial charge in [0.15, 0.2) is 11.6 Å². The first kappa shape index (κ1) is 11.9. The number of pyridine rings is 1. The van der Waals surface area contributed by atoms with E-state index in [0.717, 1.165) is 6.54 Å². The summed E-state index contributed by atoms with van der Waals surface area (Å²) in [4.78, 5) is 5.93. The molecule has 0 aliphatic carbocycles. The fourth-order valence-corrected chi connectivity index (χ4v) is 1.49. The minimum absolute atomic E-state index is 0.286. The third-order valence-electron chi connectivity index (χ3n) is 2.02. The number of halogens is 1. The number of aromatic nitrogens is 1. The Balaban J connectivity index is 2.83. The maximum absolute atomic E-state index is 13.5. The van der Waals surface area contributed by atoms with Gasteiger partial charge in [-0.3, -0.25) is 0 Å². The summed E-state index contributed by atoms with van der Waals surface area (Å²) < 4.78 is 13.5. The molecule has 0 spiro atoms. The fraction of sp³-hybridized carbons (Fsp3) is 0.545. The van der Waals surface area contributed by atoms with E-state index in [9.17, 15) is 4.39 Å². The van der Waals surface area contributed by atoms with E-state index in [1.807, 2.05) is 4.90 Å². The maximum atomic E-state index is 13.5. The molecule has 0 saturated heterocycles. The van der Waals surface area contributed by atoms with Gasteiger partial charge in [0.2, 0.25) is 0 Å². The van der Waals surface area contributed by atoms with Crippen molar-refractivity contribution in [3.8, 4) is 0 Å². The molecule has 2 N–H and O–H groups in total. The third-order valence-corrected chi connectivity index (χ3v) is 2.02. The Kier molecular flexibility index (Phi) is 4.49. The zero-order valence-corrected chi connectivity index (χ0v) is 9.28. The molecule has 0 aromatic carbocycles. The summed E-state index contributed by atoms with van der Waals surface area (Å²) in [5, 5.41) is 0. The monoisotopic (exact) mass is 211 g/mol. The Morgan fingerprint density at radius 3 is 2.80 bits per heavy atom. The Labute approximate surface area is 90.1 Å². The van der Waals surface area contributed by atoms with Gasteiger partial charge in [0.05, 0.1) is 0 Å². The standard InChI is InChI=1S/C11H18FN3/c1-9(2)8-15(7-5-13)11-10(12)4-3-6-14-11/h3-4,6,9H,5,7-8,13H2,1-2H3. The van der Waals surface area contributed by atoms with Crippen LogP contribution in [0.2, 0.25) is 0 Å². The second kappa shape index (κ2) is 5.66. The van der Waals surface area contributed by atoms with Gasteiger partial charge in [-0.15, -0.1) is 0 Å². The molecule has 3 nitrogen and oxygen atoms in total. The highest BCUT2D eigenvalue weighted by molar-refractivity contribution is 5.39. The van der Waals surface area contributed by atoms with E-state index in [1.54, 1.807) is 12.3 Å². The van der Waals surface area contributed by atoms with Crippen LogP contribution in [0.25, 0.3) is 0 Å². The smallest absolute Gasteiger partial charge is 0.165 e. The minimum atomic E-state index is -0.286. The number of anilines is 1. The maximum Gasteiger partial charge on any atom is 0.165 e. The molecule has 15 heavy (non-hydrogen) atoms. The number of hydrogen-bond acceptors (Lipinski definition) is 3. The summed E-state index contributed by atoms with van der Waals surface area (Å²) in [7, 11) is 0. The first-order valence-electron chi connectivity index (χ1n) is 5.20. The zero-order chi connectivity index (χ0) is 11.3. The molecule has 0 bridgehead atoms. The van der Waals surface area contributed by atoms with Gasteiger partial charge in [0.25, 0.3) is 0 Å². The Hall–Kier alpha value is -1.16.